The first-order chi connectivity index (χ1) is 10.4. The molecular formula is C14H17BrCl3N3OS. The van der Waals surface area contributed by atoms with Gasteiger partial charge in [0.2, 0.25) is 9.70 Å². The van der Waals surface area contributed by atoms with Gasteiger partial charge in [0, 0.05) is 15.6 Å². The summed E-state index contributed by atoms with van der Waals surface area (Å²) in [7, 11) is 0. The normalized spacial score (nSPS) is 13.2. The summed E-state index contributed by atoms with van der Waals surface area (Å²) >= 11 is 26.3. The molecule has 1 aromatic rings. The predicted octanol–water partition coefficient (Wildman–Crippen LogP) is 4.59. The highest BCUT2D eigenvalue weighted by molar-refractivity contribution is 9.10. The Hall–Kier alpha value is -0.270. The number of anilines is 1. The Morgan fingerprint density at radius 3 is 2.09 bits per heavy atom. The average molecular weight is 462 g/mol. The van der Waals surface area contributed by atoms with Crippen LogP contribution in [0.5, 0.6) is 0 Å². The lowest BCUT2D eigenvalue weighted by Gasteiger charge is -2.30. The van der Waals surface area contributed by atoms with Crippen molar-refractivity contribution in [1.82, 2.24) is 10.6 Å². The molecule has 0 saturated carbocycles. The number of hydrogen-bond acceptors (Lipinski definition) is 2. The Morgan fingerprint density at radius 2 is 1.65 bits per heavy atom. The van der Waals surface area contributed by atoms with Crippen molar-refractivity contribution in [3.63, 3.8) is 0 Å². The number of halogens is 4. The molecule has 23 heavy (non-hydrogen) atoms. The van der Waals surface area contributed by atoms with Gasteiger partial charge >= 0.3 is 0 Å². The first kappa shape index (κ1) is 20.8. The van der Waals surface area contributed by atoms with Gasteiger partial charge in [-0.1, -0.05) is 71.5 Å². The van der Waals surface area contributed by atoms with Crippen molar-refractivity contribution in [2.45, 2.75) is 30.7 Å². The van der Waals surface area contributed by atoms with E-state index in [1.807, 2.05) is 24.3 Å². The largest absolute Gasteiger partial charge is 0.339 e. The van der Waals surface area contributed by atoms with E-state index in [1.165, 1.54) is 0 Å². The van der Waals surface area contributed by atoms with Crippen molar-refractivity contribution >= 4 is 79.7 Å². The number of benzene rings is 1. The second-order valence-corrected chi connectivity index (χ2v) is 9.50. The van der Waals surface area contributed by atoms with Crippen LogP contribution in [0.1, 0.15) is 20.8 Å². The third-order valence-electron chi connectivity index (χ3n) is 2.66. The van der Waals surface area contributed by atoms with E-state index in [9.17, 15) is 4.79 Å². The summed E-state index contributed by atoms with van der Waals surface area (Å²) in [5.74, 6) is -0.271. The molecule has 0 fully saturated rings. The quantitative estimate of drug-likeness (QED) is 0.350. The molecule has 0 bridgehead atoms. The predicted molar refractivity (Wildman–Crippen MR) is 105 cm³/mol. The van der Waals surface area contributed by atoms with E-state index in [4.69, 9.17) is 47.0 Å². The van der Waals surface area contributed by atoms with Crippen molar-refractivity contribution < 1.29 is 4.79 Å². The average Bonchev–Trinajstić information content (AvgIpc) is 2.38. The lowest BCUT2D eigenvalue weighted by atomic mass is 9.95. The number of thiocarbonyl (C=S) groups is 1. The third-order valence-corrected chi connectivity index (χ3v) is 4.06. The van der Waals surface area contributed by atoms with Crippen LogP contribution in [0.4, 0.5) is 5.69 Å². The van der Waals surface area contributed by atoms with Crippen molar-refractivity contribution in [3.8, 4) is 0 Å². The van der Waals surface area contributed by atoms with Gasteiger partial charge in [-0.05, 0) is 36.5 Å². The van der Waals surface area contributed by atoms with Gasteiger partial charge in [-0.15, -0.1) is 0 Å². The maximum atomic E-state index is 12.1. The Morgan fingerprint density at radius 1 is 1.13 bits per heavy atom. The number of carbonyl (C=O) groups is 1. The number of carbonyl (C=O) groups excluding carboxylic acids is 1. The van der Waals surface area contributed by atoms with E-state index in [0.29, 0.717) is 0 Å². The highest BCUT2D eigenvalue weighted by Crippen LogP contribution is 2.30. The van der Waals surface area contributed by atoms with E-state index in [-0.39, 0.29) is 11.0 Å². The molecule has 1 amide bonds. The second kappa shape index (κ2) is 8.21. The number of nitrogens with one attached hydrogen (secondary N) is 3. The summed E-state index contributed by atoms with van der Waals surface area (Å²) in [6.45, 7) is 5.28. The first-order valence-electron chi connectivity index (χ1n) is 6.60. The van der Waals surface area contributed by atoms with Crippen LogP contribution in [-0.2, 0) is 4.79 Å². The van der Waals surface area contributed by atoms with E-state index in [0.717, 1.165) is 10.2 Å². The van der Waals surface area contributed by atoms with Gasteiger partial charge in [0.1, 0.15) is 6.17 Å². The number of hydrogen-bond donors (Lipinski definition) is 3. The Labute approximate surface area is 164 Å². The third kappa shape index (κ3) is 7.44. The van der Waals surface area contributed by atoms with Gasteiger partial charge in [0.15, 0.2) is 5.11 Å². The Balaban J connectivity index is 2.75. The molecule has 3 N–H and O–H groups in total. The molecule has 1 atom stereocenters. The molecule has 9 heteroatoms. The maximum Gasteiger partial charge on any atom is 0.228 e. The van der Waals surface area contributed by atoms with E-state index in [1.54, 1.807) is 20.8 Å². The monoisotopic (exact) mass is 459 g/mol. The molecule has 1 aromatic carbocycles. The van der Waals surface area contributed by atoms with Gasteiger partial charge in [0.25, 0.3) is 0 Å². The van der Waals surface area contributed by atoms with Crippen LogP contribution >= 0.6 is 63.0 Å². The van der Waals surface area contributed by atoms with Crippen LogP contribution in [-0.4, -0.2) is 21.0 Å². The number of alkyl halides is 3. The fourth-order valence-corrected chi connectivity index (χ4v) is 2.21. The summed E-state index contributed by atoms with van der Waals surface area (Å²) in [6.07, 6.45) is -0.977. The number of rotatable bonds is 3. The molecular weight excluding hydrogens is 445 g/mol. The van der Waals surface area contributed by atoms with Crippen molar-refractivity contribution in [3.05, 3.63) is 28.7 Å². The molecule has 0 aromatic heterocycles. The fourth-order valence-electron chi connectivity index (χ4n) is 1.38. The van der Waals surface area contributed by atoms with Crippen molar-refractivity contribution in [2.24, 2.45) is 5.41 Å². The molecule has 0 spiro atoms. The summed E-state index contributed by atoms with van der Waals surface area (Å²) in [5.41, 5.74) is 0.132. The maximum absolute atomic E-state index is 12.1. The Kier molecular flexibility index (Phi) is 7.41. The van der Waals surface area contributed by atoms with Gasteiger partial charge in [-0.3, -0.25) is 4.79 Å². The minimum atomic E-state index is -1.77. The molecule has 128 valence electrons. The summed E-state index contributed by atoms with van der Waals surface area (Å²) in [5, 5.41) is 8.62. The Bertz CT molecular complexity index is 570. The van der Waals surface area contributed by atoms with E-state index < -0.39 is 15.4 Å². The number of amides is 1. The van der Waals surface area contributed by atoms with Gasteiger partial charge < -0.3 is 16.0 Å². The summed E-state index contributed by atoms with van der Waals surface area (Å²) < 4.78 is -0.828. The zero-order valence-electron chi connectivity index (χ0n) is 12.7. The highest BCUT2D eigenvalue weighted by atomic mass is 79.9. The highest BCUT2D eigenvalue weighted by Gasteiger charge is 2.36. The van der Waals surface area contributed by atoms with Crippen molar-refractivity contribution in [1.29, 1.82) is 0 Å². The smallest absolute Gasteiger partial charge is 0.228 e. The lowest BCUT2D eigenvalue weighted by Crippen LogP contribution is -2.58. The molecule has 0 aliphatic heterocycles. The molecule has 1 unspecified atom stereocenters. The van der Waals surface area contributed by atoms with Crippen LogP contribution in [0.15, 0.2) is 28.7 Å². The fraction of sp³-hybridized carbons (Fsp3) is 0.429. The van der Waals surface area contributed by atoms with Crippen LogP contribution in [0.25, 0.3) is 0 Å². The minimum Gasteiger partial charge on any atom is -0.339 e. The van der Waals surface area contributed by atoms with Gasteiger partial charge in [-0.25, -0.2) is 0 Å². The summed E-state index contributed by atoms with van der Waals surface area (Å²) in [6, 6.07) is 7.38. The second-order valence-electron chi connectivity index (χ2n) is 5.80. The van der Waals surface area contributed by atoms with Gasteiger partial charge in [0.05, 0.1) is 0 Å². The molecule has 0 heterocycles. The first-order valence-corrected chi connectivity index (χ1v) is 8.94. The van der Waals surface area contributed by atoms with Gasteiger partial charge in [-0.2, -0.15) is 0 Å². The van der Waals surface area contributed by atoms with Crippen LogP contribution in [0.3, 0.4) is 0 Å². The SMILES string of the molecule is CC(C)(C)C(=O)NC(NC(=S)Nc1ccc(Br)cc1)C(Cl)(Cl)Cl. The molecule has 0 aliphatic rings. The molecule has 0 aliphatic carbocycles. The minimum absolute atomic E-state index is 0.220. The topological polar surface area (TPSA) is 53.2 Å². The standard InChI is InChI=1S/C14H17BrCl3N3OS/c1-13(2,3)11(22)20-10(14(16,17)18)21-12(23)19-9-6-4-8(15)5-7-9/h4-7,10H,1-3H3,(H,20,22)(H2,19,21,23). The van der Waals surface area contributed by atoms with Crippen LogP contribution in [0.2, 0.25) is 0 Å². The summed E-state index contributed by atoms with van der Waals surface area (Å²) in [4.78, 5) is 12.1. The molecule has 4 nitrogen and oxygen atoms in total. The molecule has 0 saturated heterocycles. The van der Waals surface area contributed by atoms with Crippen LogP contribution in [0, 0.1) is 5.41 Å². The van der Waals surface area contributed by atoms with Crippen molar-refractivity contribution in [2.75, 3.05) is 5.32 Å². The molecule has 1 rings (SSSR count). The van der Waals surface area contributed by atoms with E-state index in [2.05, 4.69) is 31.9 Å². The molecule has 0 radical (unpaired) electrons. The van der Waals surface area contributed by atoms with E-state index >= 15 is 0 Å². The lowest BCUT2D eigenvalue weighted by molar-refractivity contribution is -0.129. The zero-order chi connectivity index (χ0) is 17.8. The van der Waals surface area contributed by atoms with Crippen LogP contribution < -0.4 is 16.0 Å². The zero-order valence-corrected chi connectivity index (χ0v) is 17.4.